The van der Waals surface area contributed by atoms with Gasteiger partial charge in [-0.25, -0.2) is 9.18 Å². The van der Waals surface area contributed by atoms with Crippen LogP contribution in [0.25, 0.3) is 0 Å². The minimum absolute atomic E-state index is 0.130. The van der Waals surface area contributed by atoms with Crippen LogP contribution in [0.3, 0.4) is 0 Å². The lowest BCUT2D eigenvalue weighted by Gasteiger charge is -2.19. The van der Waals surface area contributed by atoms with Gasteiger partial charge in [0, 0.05) is 11.6 Å². The third-order valence-electron chi connectivity index (χ3n) is 1.83. The van der Waals surface area contributed by atoms with Crippen molar-refractivity contribution in [3.05, 3.63) is 34.6 Å². The van der Waals surface area contributed by atoms with Gasteiger partial charge in [0.2, 0.25) is 0 Å². The van der Waals surface area contributed by atoms with Crippen LogP contribution in [0.2, 0.25) is 5.02 Å². The number of hydrogen-bond donors (Lipinski definition) is 1. The fraction of sp³-hybridized carbons (Fsp3) is 0.417. The molecule has 1 aromatic carbocycles. The molecule has 0 spiro atoms. The zero-order valence-electron chi connectivity index (χ0n) is 10.0. The number of carbonyl (C=O) groups excluding carboxylic acids is 1. The Morgan fingerprint density at radius 3 is 2.71 bits per heavy atom. The van der Waals surface area contributed by atoms with E-state index in [2.05, 4.69) is 5.32 Å². The monoisotopic (exact) mass is 259 g/mol. The van der Waals surface area contributed by atoms with Crippen molar-refractivity contribution < 1.29 is 13.9 Å². The second-order valence-corrected chi connectivity index (χ2v) is 5.00. The number of amides is 1. The lowest BCUT2D eigenvalue weighted by atomic mass is 10.2. The summed E-state index contributed by atoms with van der Waals surface area (Å²) in [4.78, 5) is 11.4. The van der Waals surface area contributed by atoms with Gasteiger partial charge in [-0.05, 0) is 44.5 Å². The molecule has 1 aromatic rings. The van der Waals surface area contributed by atoms with E-state index < -0.39 is 17.5 Å². The van der Waals surface area contributed by atoms with Crippen molar-refractivity contribution in [2.45, 2.75) is 32.9 Å². The van der Waals surface area contributed by atoms with Crippen LogP contribution in [0.1, 0.15) is 26.3 Å². The van der Waals surface area contributed by atoms with Crippen LogP contribution < -0.4 is 5.32 Å². The lowest BCUT2D eigenvalue weighted by molar-refractivity contribution is 0.0523. The molecule has 0 aliphatic rings. The SMILES string of the molecule is CC(C)(C)OC(=O)NCc1cc(F)ccc1Cl. The number of ether oxygens (including phenoxy) is 1. The summed E-state index contributed by atoms with van der Waals surface area (Å²) in [6, 6.07) is 3.99. The van der Waals surface area contributed by atoms with Gasteiger partial charge in [-0.1, -0.05) is 11.6 Å². The zero-order chi connectivity index (χ0) is 13.1. The van der Waals surface area contributed by atoms with E-state index in [-0.39, 0.29) is 6.54 Å². The molecule has 17 heavy (non-hydrogen) atoms. The molecule has 0 aliphatic carbocycles. The van der Waals surface area contributed by atoms with Crippen LogP contribution in [0.4, 0.5) is 9.18 Å². The van der Waals surface area contributed by atoms with E-state index in [9.17, 15) is 9.18 Å². The van der Waals surface area contributed by atoms with Gasteiger partial charge in [-0.3, -0.25) is 0 Å². The number of hydrogen-bond acceptors (Lipinski definition) is 2. The highest BCUT2D eigenvalue weighted by molar-refractivity contribution is 6.31. The molecule has 0 heterocycles. The summed E-state index contributed by atoms with van der Waals surface area (Å²) < 4.78 is 18.0. The predicted octanol–water partition coefficient (Wildman–Crippen LogP) is 3.50. The minimum Gasteiger partial charge on any atom is -0.444 e. The second kappa shape index (κ2) is 5.36. The molecule has 1 N–H and O–H groups in total. The van der Waals surface area contributed by atoms with Crippen LogP contribution in [-0.2, 0) is 11.3 Å². The molecule has 0 saturated carbocycles. The smallest absolute Gasteiger partial charge is 0.407 e. The topological polar surface area (TPSA) is 38.3 Å². The maximum Gasteiger partial charge on any atom is 0.407 e. The fourth-order valence-corrected chi connectivity index (χ4v) is 1.34. The van der Waals surface area contributed by atoms with Crippen molar-refractivity contribution in [3.8, 4) is 0 Å². The van der Waals surface area contributed by atoms with Gasteiger partial charge in [-0.2, -0.15) is 0 Å². The zero-order valence-corrected chi connectivity index (χ0v) is 10.8. The fourth-order valence-electron chi connectivity index (χ4n) is 1.16. The summed E-state index contributed by atoms with van der Waals surface area (Å²) in [5, 5.41) is 2.92. The van der Waals surface area contributed by atoms with Gasteiger partial charge >= 0.3 is 6.09 Å². The molecule has 0 aliphatic heterocycles. The molecule has 1 amide bonds. The quantitative estimate of drug-likeness (QED) is 0.883. The van der Waals surface area contributed by atoms with E-state index in [0.29, 0.717) is 10.6 Å². The average molecular weight is 260 g/mol. The highest BCUT2D eigenvalue weighted by atomic mass is 35.5. The molecule has 0 fully saturated rings. The van der Waals surface area contributed by atoms with Gasteiger partial charge < -0.3 is 10.1 Å². The van der Waals surface area contributed by atoms with E-state index in [0.717, 1.165) is 0 Å². The van der Waals surface area contributed by atoms with Crippen molar-refractivity contribution in [3.63, 3.8) is 0 Å². The van der Waals surface area contributed by atoms with E-state index >= 15 is 0 Å². The minimum atomic E-state index is -0.560. The summed E-state index contributed by atoms with van der Waals surface area (Å²) in [6.07, 6.45) is -0.558. The molecular weight excluding hydrogens is 245 g/mol. The molecule has 0 aromatic heterocycles. The number of rotatable bonds is 2. The third-order valence-corrected chi connectivity index (χ3v) is 2.20. The Labute approximate surface area is 105 Å². The molecule has 3 nitrogen and oxygen atoms in total. The van der Waals surface area contributed by atoms with E-state index in [1.165, 1.54) is 18.2 Å². The standard InChI is InChI=1S/C12H15ClFNO2/c1-12(2,3)17-11(16)15-7-8-6-9(14)4-5-10(8)13/h4-6H,7H2,1-3H3,(H,15,16). The predicted molar refractivity (Wildman–Crippen MR) is 64.5 cm³/mol. The highest BCUT2D eigenvalue weighted by Gasteiger charge is 2.16. The van der Waals surface area contributed by atoms with Crippen LogP contribution in [0.15, 0.2) is 18.2 Å². The Hall–Kier alpha value is -1.29. The maximum absolute atomic E-state index is 12.9. The number of carbonyl (C=O) groups is 1. The first-order valence-electron chi connectivity index (χ1n) is 5.19. The van der Waals surface area contributed by atoms with Crippen molar-refractivity contribution in [1.82, 2.24) is 5.32 Å². The van der Waals surface area contributed by atoms with E-state index in [1.54, 1.807) is 20.8 Å². The molecule has 0 saturated heterocycles. The number of alkyl carbamates (subject to hydrolysis) is 1. The Morgan fingerprint density at radius 2 is 2.12 bits per heavy atom. The van der Waals surface area contributed by atoms with Crippen molar-refractivity contribution in [1.29, 1.82) is 0 Å². The van der Waals surface area contributed by atoms with Crippen LogP contribution in [0.5, 0.6) is 0 Å². The Kier molecular flexibility index (Phi) is 4.34. The molecule has 1 rings (SSSR count). The van der Waals surface area contributed by atoms with Crippen LogP contribution in [-0.4, -0.2) is 11.7 Å². The number of nitrogens with one attached hydrogen (secondary N) is 1. The van der Waals surface area contributed by atoms with Gasteiger partial charge in [0.1, 0.15) is 11.4 Å². The Balaban J connectivity index is 2.56. The first-order valence-corrected chi connectivity index (χ1v) is 5.56. The average Bonchev–Trinajstić information content (AvgIpc) is 2.17. The van der Waals surface area contributed by atoms with Crippen molar-refractivity contribution in [2.75, 3.05) is 0 Å². The summed E-state index contributed by atoms with van der Waals surface area (Å²) in [5.41, 5.74) is -0.0481. The largest absolute Gasteiger partial charge is 0.444 e. The normalized spacial score (nSPS) is 11.1. The molecule has 0 atom stereocenters. The lowest BCUT2D eigenvalue weighted by Crippen LogP contribution is -2.32. The number of halogens is 2. The molecular formula is C12H15ClFNO2. The second-order valence-electron chi connectivity index (χ2n) is 4.59. The van der Waals surface area contributed by atoms with Crippen molar-refractivity contribution >= 4 is 17.7 Å². The molecule has 0 bridgehead atoms. The van der Waals surface area contributed by atoms with Crippen LogP contribution in [0, 0.1) is 5.82 Å². The third kappa shape index (κ3) is 5.04. The van der Waals surface area contributed by atoms with Crippen LogP contribution >= 0.6 is 11.6 Å². The molecule has 0 unspecified atom stereocenters. The van der Waals surface area contributed by atoms with Gasteiger partial charge in [0.15, 0.2) is 0 Å². The summed E-state index contributed by atoms with van der Waals surface area (Å²) in [6.45, 7) is 5.43. The molecule has 0 radical (unpaired) electrons. The van der Waals surface area contributed by atoms with Gasteiger partial charge in [0.25, 0.3) is 0 Å². The van der Waals surface area contributed by atoms with Gasteiger partial charge in [0.05, 0.1) is 0 Å². The summed E-state index contributed by atoms with van der Waals surface area (Å²) in [7, 11) is 0. The summed E-state index contributed by atoms with van der Waals surface area (Å²) in [5.74, 6) is -0.393. The molecule has 5 heteroatoms. The highest BCUT2D eigenvalue weighted by Crippen LogP contribution is 2.17. The first-order chi connectivity index (χ1) is 7.78. The van der Waals surface area contributed by atoms with Gasteiger partial charge in [-0.15, -0.1) is 0 Å². The van der Waals surface area contributed by atoms with E-state index in [4.69, 9.17) is 16.3 Å². The molecule has 94 valence electrons. The van der Waals surface area contributed by atoms with E-state index in [1.807, 2.05) is 0 Å². The van der Waals surface area contributed by atoms with Crippen molar-refractivity contribution in [2.24, 2.45) is 0 Å². The number of benzene rings is 1. The summed E-state index contributed by atoms with van der Waals surface area (Å²) >= 11 is 5.85. The Bertz CT molecular complexity index is 415. The Morgan fingerprint density at radius 1 is 1.47 bits per heavy atom. The first kappa shape index (κ1) is 13.8. The maximum atomic E-state index is 12.9.